The van der Waals surface area contributed by atoms with E-state index in [-0.39, 0.29) is 6.04 Å². The summed E-state index contributed by atoms with van der Waals surface area (Å²) < 4.78 is 1.27. The zero-order valence-corrected chi connectivity index (χ0v) is 10.6. The van der Waals surface area contributed by atoms with Crippen LogP contribution >= 0.6 is 11.3 Å². The van der Waals surface area contributed by atoms with Gasteiger partial charge in [-0.3, -0.25) is 0 Å². The highest BCUT2D eigenvalue weighted by Crippen LogP contribution is 2.24. The van der Waals surface area contributed by atoms with Crippen molar-refractivity contribution in [2.75, 3.05) is 0 Å². The average Bonchev–Trinajstić information content (AvgIpc) is 2.69. The van der Waals surface area contributed by atoms with E-state index in [9.17, 15) is 0 Å². The topological polar surface area (TPSA) is 38.9 Å². The van der Waals surface area contributed by atoms with Crippen LogP contribution in [-0.4, -0.2) is 11.0 Å². The van der Waals surface area contributed by atoms with Gasteiger partial charge in [0.1, 0.15) is 0 Å². The molecule has 0 aliphatic heterocycles. The Hall–Kier alpha value is -0.930. The Morgan fingerprint density at radius 1 is 1.38 bits per heavy atom. The van der Waals surface area contributed by atoms with E-state index < -0.39 is 0 Å². The van der Waals surface area contributed by atoms with Crippen LogP contribution in [0.4, 0.5) is 0 Å². The van der Waals surface area contributed by atoms with E-state index in [0.29, 0.717) is 5.92 Å². The Morgan fingerprint density at radius 2 is 2.12 bits per heavy atom. The van der Waals surface area contributed by atoms with Gasteiger partial charge in [0.25, 0.3) is 0 Å². The highest BCUT2D eigenvalue weighted by atomic mass is 32.1. The fourth-order valence-electron chi connectivity index (χ4n) is 1.84. The van der Waals surface area contributed by atoms with Gasteiger partial charge in [-0.05, 0) is 24.5 Å². The smallest absolute Gasteiger partial charge is 0.0941 e. The molecule has 1 aromatic heterocycles. The van der Waals surface area contributed by atoms with Crippen molar-refractivity contribution in [1.82, 2.24) is 4.98 Å². The van der Waals surface area contributed by atoms with Gasteiger partial charge in [0.15, 0.2) is 0 Å². The standard InChI is InChI=1S/C13H18N2S/c1-3-10(14)9(2)8-13-15-11-6-4-5-7-12(11)16-13/h4-7,9-10H,3,8,14H2,1-2H3. The molecule has 2 nitrogen and oxygen atoms in total. The summed E-state index contributed by atoms with van der Waals surface area (Å²) in [6.07, 6.45) is 2.03. The minimum Gasteiger partial charge on any atom is -0.327 e. The number of aromatic nitrogens is 1. The molecule has 86 valence electrons. The summed E-state index contributed by atoms with van der Waals surface area (Å²) in [6, 6.07) is 8.58. The maximum atomic E-state index is 6.04. The summed E-state index contributed by atoms with van der Waals surface area (Å²) >= 11 is 1.79. The summed E-state index contributed by atoms with van der Waals surface area (Å²) in [4.78, 5) is 4.63. The van der Waals surface area contributed by atoms with Crippen LogP contribution in [0.15, 0.2) is 24.3 Å². The second-order valence-corrected chi connectivity index (χ2v) is 5.44. The van der Waals surface area contributed by atoms with Gasteiger partial charge >= 0.3 is 0 Å². The fourth-order valence-corrected chi connectivity index (χ4v) is 2.95. The molecule has 0 amide bonds. The van der Waals surface area contributed by atoms with E-state index in [1.807, 2.05) is 6.07 Å². The van der Waals surface area contributed by atoms with Gasteiger partial charge in [-0.1, -0.05) is 26.0 Å². The van der Waals surface area contributed by atoms with Crippen molar-refractivity contribution in [3.63, 3.8) is 0 Å². The van der Waals surface area contributed by atoms with E-state index in [2.05, 4.69) is 37.0 Å². The molecule has 0 radical (unpaired) electrons. The lowest BCUT2D eigenvalue weighted by molar-refractivity contribution is 0.442. The highest BCUT2D eigenvalue weighted by molar-refractivity contribution is 7.18. The van der Waals surface area contributed by atoms with Crippen LogP contribution in [0.3, 0.4) is 0 Å². The van der Waals surface area contributed by atoms with Gasteiger partial charge in [-0.2, -0.15) is 0 Å². The summed E-state index contributed by atoms with van der Waals surface area (Å²) in [5.41, 5.74) is 7.15. The SMILES string of the molecule is CCC(N)C(C)Cc1nc2ccccc2s1. The lowest BCUT2D eigenvalue weighted by Crippen LogP contribution is -2.28. The van der Waals surface area contributed by atoms with Crippen molar-refractivity contribution in [3.8, 4) is 0 Å². The zero-order chi connectivity index (χ0) is 11.5. The van der Waals surface area contributed by atoms with Crippen molar-refractivity contribution in [2.24, 2.45) is 11.7 Å². The van der Waals surface area contributed by atoms with Gasteiger partial charge < -0.3 is 5.73 Å². The summed E-state index contributed by atoms with van der Waals surface area (Å²) in [7, 11) is 0. The Balaban J connectivity index is 2.15. The molecule has 2 unspecified atom stereocenters. The molecule has 0 saturated carbocycles. The maximum Gasteiger partial charge on any atom is 0.0941 e. The number of thiazole rings is 1. The first-order chi connectivity index (χ1) is 7.70. The summed E-state index contributed by atoms with van der Waals surface area (Å²) in [6.45, 7) is 4.35. The number of para-hydroxylation sites is 1. The normalized spacial score (nSPS) is 15.2. The van der Waals surface area contributed by atoms with Gasteiger partial charge in [0.2, 0.25) is 0 Å². The number of hydrogen-bond donors (Lipinski definition) is 1. The molecule has 2 atom stereocenters. The summed E-state index contributed by atoms with van der Waals surface area (Å²) in [5.74, 6) is 0.505. The molecule has 0 spiro atoms. The van der Waals surface area contributed by atoms with E-state index in [1.54, 1.807) is 11.3 Å². The van der Waals surface area contributed by atoms with Crippen LogP contribution in [0, 0.1) is 5.92 Å². The molecule has 0 bridgehead atoms. The van der Waals surface area contributed by atoms with Crippen molar-refractivity contribution >= 4 is 21.6 Å². The Morgan fingerprint density at radius 3 is 2.81 bits per heavy atom. The number of hydrogen-bond acceptors (Lipinski definition) is 3. The van der Waals surface area contributed by atoms with Crippen LogP contribution in [-0.2, 0) is 6.42 Å². The second-order valence-electron chi connectivity index (χ2n) is 4.33. The first kappa shape index (κ1) is 11.6. The van der Waals surface area contributed by atoms with Crippen LogP contribution in [0.5, 0.6) is 0 Å². The molecule has 1 aromatic carbocycles. The molecule has 2 N–H and O–H groups in total. The monoisotopic (exact) mass is 234 g/mol. The average molecular weight is 234 g/mol. The van der Waals surface area contributed by atoms with E-state index in [4.69, 9.17) is 5.73 Å². The molecule has 0 aliphatic carbocycles. The number of rotatable bonds is 4. The van der Waals surface area contributed by atoms with Gasteiger partial charge in [0.05, 0.1) is 15.2 Å². The Kier molecular flexibility index (Phi) is 3.56. The van der Waals surface area contributed by atoms with Crippen molar-refractivity contribution in [3.05, 3.63) is 29.3 Å². The zero-order valence-electron chi connectivity index (χ0n) is 9.81. The van der Waals surface area contributed by atoms with Gasteiger partial charge in [0, 0.05) is 12.5 Å². The first-order valence-electron chi connectivity index (χ1n) is 5.80. The van der Waals surface area contributed by atoms with Crippen molar-refractivity contribution in [2.45, 2.75) is 32.7 Å². The molecule has 0 aliphatic rings. The van der Waals surface area contributed by atoms with Crippen LogP contribution in [0.1, 0.15) is 25.3 Å². The number of benzene rings is 1. The lowest BCUT2D eigenvalue weighted by Gasteiger charge is -2.16. The molecular formula is C13H18N2S. The predicted octanol–water partition coefficient (Wildman–Crippen LogP) is 3.21. The predicted molar refractivity (Wildman–Crippen MR) is 70.8 cm³/mol. The Labute approximate surface area is 101 Å². The fraction of sp³-hybridized carbons (Fsp3) is 0.462. The largest absolute Gasteiger partial charge is 0.327 e. The third-order valence-electron chi connectivity index (χ3n) is 3.04. The highest BCUT2D eigenvalue weighted by Gasteiger charge is 2.13. The number of nitrogens with two attached hydrogens (primary N) is 1. The van der Waals surface area contributed by atoms with Crippen molar-refractivity contribution in [1.29, 1.82) is 0 Å². The molecule has 0 fully saturated rings. The maximum absolute atomic E-state index is 6.04. The van der Waals surface area contributed by atoms with Crippen LogP contribution < -0.4 is 5.73 Å². The molecule has 2 aromatic rings. The van der Waals surface area contributed by atoms with Crippen LogP contribution in [0.2, 0.25) is 0 Å². The lowest BCUT2D eigenvalue weighted by atomic mass is 9.97. The van der Waals surface area contributed by atoms with Gasteiger partial charge in [-0.25, -0.2) is 4.98 Å². The molecule has 2 rings (SSSR count). The third-order valence-corrected chi connectivity index (χ3v) is 4.10. The van der Waals surface area contributed by atoms with Gasteiger partial charge in [-0.15, -0.1) is 11.3 Å². The quantitative estimate of drug-likeness (QED) is 0.882. The first-order valence-corrected chi connectivity index (χ1v) is 6.62. The number of nitrogens with zero attached hydrogens (tertiary/aromatic N) is 1. The molecule has 16 heavy (non-hydrogen) atoms. The minimum atomic E-state index is 0.284. The molecule has 3 heteroatoms. The minimum absolute atomic E-state index is 0.284. The van der Waals surface area contributed by atoms with E-state index in [0.717, 1.165) is 18.4 Å². The van der Waals surface area contributed by atoms with Crippen molar-refractivity contribution < 1.29 is 0 Å². The molecule has 1 heterocycles. The number of fused-ring (bicyclic) bond motifs is 1. The molecular weight excluding hydrogens is 216 g/mol. The molecule has 0 saturated heterocycles. The van der Waals surface area contributed by atoms with E-state index >= 15 is 0 Å². The van der Waals surface area contributed by atoms with Crippen LogP contribution in [0.25, 0.3) is 10.2 Å². The van der Waals surface area contributed by atoms with E-state index in [1.165, 1.54) is 9.71 Å². The second kappa shape index (κ2) is 4.93. The summed E-state index contributed by atoms with van der Waals surface area (Å²) in [5, 5.41) is 1.21. The Bertz CT molecular complexity index is 431. The third kappa shape index (κ3) is 2.42.